The van der Waals surface area contributed by atoms with Crippen molar-refractivity contribution in [3.63, 3.8) is 0 Å². The van der Waals surface area contributed by atoms with Crippen molar-refractivity contribution < 1.29 is 14.6 Å². The number of phenolic OH excluding ortho intramolecular Hbond substituents is 1. The van der Waals surface area contributed by atoms with Gasteiger partial charge in [0.25, 0.3) is 0 Å². The van der Waals surface area contributed by atoms with E-state index in [2.05, 4.69) is 5.10 Å². The lowest BCUT2D eigenvalue weighted by Gasteiger charge is -2.21. The summed E-state index contributed by atoms with van der Waals surface area (Å²) in [6.07, 6.45) is 0.607. The summed E-state index contributed by atoms with van der Waals surface area (Å²) in [5.74, 6) is 0.336. The molecule has 1 N–H and O–H groups in total. The van der Waals surface area contributed by atoms with E-state index in [0.717, 1.165) is 16.8 Å². The zero-order valence-corrected chi connectivity index (χ0v) is 13.1. The van der Waals surface area contributed by atoms with Gasteiger partial charge in [0.2, 0.25) is 5.91 Å². The Morgan fingerprint density at radius 1 is 1.26 bits per heavy atom. The second-order valence-electron chi connectivity index (χ2n) is 5.43. The number of hydrogen-bond acceptors (Lipinski definition) is 4. The topological polar surface area (TPSA) is 62.1 Å². The molecule has 0 unspecified atom stereocenters. The van der Waals surface area contributed by atoms with Crippen LogP contribution in [0.5, 0.6) is 11.5 Å². The molecule has 0 aliphatic carbocycles. The molecular formula is C18H18N2O3. The highest BCUT2D eigenvalue weighted by molar-refractivity contribution is 6.03. The van der Waals surface area contributed by atoms with Crippen molar-refractivity contribution in [1.82, 2.24) is 5.01 Å². The van der Waals surface area contributed by atoms with E-state index in [1.165, 1.54) is 19.0 Å². The molecule has 3 rings (SSSR count). The summed E-state index contributed by atoms with van der Waals surface area (Å²) < 4.78 is 5.07. The molecule has 0 aromatic heterocycles. The number of hydrazone groups is 1. The molecule has 1 amide bonds. The summed E-state index contributed by atoms with van der Waals surface area (Å²) in [5.41, 5.74) is 2.69. The number of hydrogen-bond donors (Lipinski definition) is 1. The Balaban J connectivity index is 1.94. The monoisotopic (exact) mass is 310 g/mol. The quantitative estimate of drug-likeness (QED) is 0.947. The summed E-state index contributed by atoms with van der Waals surface area (Å²) in [7, 11) is 1.50. The predicted molar refractivity (Wildman–Crippen MR) is 87.5 cm³/mol. The van der Waals surface area contributed by atoms with E-state index in [1.807, 2.05) is 36.4 Å². The molecular weight excluding hydrogens is 292 g/mol. The third-order valence-corrected chi connectivity index (χ3v) is 3.93. The number of ether oxygens (including phenoxy) is 1. The molecule has 5 heteroatoms. The van der Waals surface area contributed by atoms with Crippen LogP contribution in [0.2, 0.25) is 0 Å². The highest BCUT2D eigenvalue weighted by Crippen LogP contribution is 2.36. The van der Waals surface area contributed by atoms with Gasteiger partial charge in [0.15, 0.2) is 11.5 Å². The smallest absolute Gasteiger partial charge is 0.240 e. The van der Waals surface area contributed by atoms with Gasteiger partial charge in [-0.3, -0.25) is 4.79 Å². The van der Waals surface area contributed by atoms with Gasteiger partial charge < -0.3 is 9.84 Å². The lowest BCUT2D eigenvalue weighted by Crippen LogP contribution is -2.24. The number of carbonyl (C=O) groups is 1. The van der Waals surface area contributed by atoms with Gasteiger partial charge >= 0.3 is 0 Å². The van der Waals surface area contributed by atoms with Crippen LogP contribution in [0.3, 0.4) is 0 Å². The molecule has 118 valence electrons. The van der Waals surface area contributed by atoms with Crippen molar-refractivity contribution in [1.29, 1.82) is 0 Å². The maximum atomic E-state index is 11.9. The number of phenols is 1. The molecule has 23 heavy (non-hydrogen) atoms. The largest absolute Gasteiger partial charge is 0.504 e. The van der Waals surface area contributed by atoms with Gasteiger partial charge in [-0.15, -0.1) is 0 Å². The van der Waals surface area contributed by atoms with Crippen molar-refractivity contribution in [3.05, 3.63) is 59.7 Å². The molecule has 0 fully saturated rings. The first-order valence-corrected chi connectivity index (χ1v) is 7.39. The van der Waals surface area contributed by atoms with Gasteiger partial charge in [-0.2, -0.15) is 5.10 Å². The molecule has 0 spiro atoms. The third kappa shape index (κ3) is 2.90. The first-order chi connectivity index (χ1) is 11.1. The van der Waals surface area contributed by atoms with Crippen molar-refractivity contribution in [3.8, 4) is 11.5 Å². The second-order valence-corrected chi connectivity index (χ2v) is 5.43. The van der Waals surface area contributed by atoms with E-state index < -0.39 is 0 Å². The highest BCUT2D eigenvalue weighted by atomic mass is 16.5. The summed E-state index contributed by atoms with van der Waals surface area (Å²) in [4.78, 5) is 11.9. The second kappa shape index (κ2) is 6.12. The van der Waals surface area contributed by atoms with Crippen LogP contribution in [0.15, 0.2) is 53.6 Å². The van der Waals surface area contributed by atoms with Gasteiger partial charge in [-0.05, 0) is 23.3 Å². The Hall–Kier alpha value is -2.82. The van der Waals surface area contributed by atoms with Gasteiger partial charge in [0.05, 0.1) is 18.9 Å². The predicted octanol–water partition coefficient (Wildman–Crippen LogP) is 3.10. The molecule has 1 heterocycles. The van der Waals surface area contributed by atoms with Gasteiger partial charge in [-0.1, -0.05) is 36.4 Å². The average molecular weight is 310 g/mol. The van der Waals surface area contributed by atoms with E-state index in [1.54, 1.807) is 12.1 Å². The number of aromatic hydroxyl groups is 1. The van der Waals surface area contributed by atoms with Gasteiger partial charge in [0.1, 0.15) is 0 Å². The fourth-order valence-electron chi connectivity index (χ4n) is 2.78. The van der Waals surface area contributed by atoms with Crippen molar-refractivity contribution in [2.24, 2.45) is 5.10 Å². The zero-order valence-electron chi connectivity index (χ0n) is 13.1. The van der Waals surface area contributed by atoms with Crippen LogP contribution in [-0.2, 0) is 4.79 Å². The van der Waals surface area contributed by atoms with E-state index in [4.69, 9.17) is 4.74 Å². The maximum absolute atomic E-state index is 11.9. The first-order valence-electron chi connectivity index (χ1n) is 7.39. The number of benzene rings is 2. The number of carbonyl (C=O) groups excluding carboxylic acids is 1. The van der Waals surface area contributed by atoms with E-state index in [-0.39, 0.29) is 17.7 Å². The lowest BCUT2D eigenvalue weighted by molar-refractivity contribution is -0.130. The minimum Gasteiger partial charge on any atom is -0.504 e. The van der Waals surface area contributed by atoms with Crippen LogP contribution >= 0.6 is 0 Å². The molecule has 2 aromatic carbocycles. The third-order valence-electron chi connectivity index (χ3n) is 3.93. The molecule has 0 bridgehead atoms. The Morgan fingerprint density at radius 3 is 2.61 bits per heavy atom. The molecule has 1 aliphatic heterocycles. The zero-order chi connectivity index (χ0) is 16.4. The highest BCUT2D eigenvalue weighted by Gasteiger charge is 2.31. The van der Waals surface area contributed by atoms with Crippen molar-refractivity contribution in [2.75, 3.05) is 7.11 Å². The molecule has 1 atom stereocenters. The standard InChI is InChI=1S/C18H18N2O3/c1-12(21)20-16(14-8-9-18(23-2)17(22)10-14)11-15(19-20)13-6-4-3-5-7-13/h3-10,16,22H,11H2,1-2H3/t16-/m1/s1. The van der Waals surface area contributed by atoms with E-state index in [0.29, 0.717) is 12.2 Å². The minimum atomic E-state index is -0.223. The maximum Gasteiger partial charge on any atom is 0.240 e. The molecule has 1 aliphatic rings. The van der Waals surface area contributed by atoms with Crippen LogP contribution in [0.4, 0.5) is 0 Å². The summed E-state index contributed by atoms with van der Waals surface area (Å²) in [6.45, 7) is 1.49. The van der Waals surface area contributed by atoms with Gasteiger partial charge in [-0.25, -0.2) is 5.01 Å². The Morgan fingerprint density at radius 2 is 2.00 bits per heavy atom. The normalized spacial score (nSPS) is 17.0. The van der Waals surface area contributed by atoms with Crippen molar-refractivity contribution >= 4 is 11.6 Å². The molecule has 2 aromatic rings. The van der Waals surface area contributed by atoms with E-state index >= 15 is 0 Å². The first kappa shape index (κ1) is 15.1. The fraction of sp³-hybridized carbons (Fsp3) is 0.222. The Kier molecular flexibility index (Phi) is 4.02. The van der Waals surface area contributed by atoms with E-state index in [9.17, 15) is 9.90 Å². The van der Waals surface area contributed by atoms with Gasteiger partial charge in [0, 0.05) is 13.3 Å². The molecule has 0 saturated carbocycles. The molecule has 5 nitrogen and oxygen atoms in total. The van der Waals surface area contributed by atoms with Crippen LogP contribution < -0.4 is 4.74 Å². The summed E-state index contributed by atoms with van der Waals surface area (Å²) >= 11 is 0. The number of amides is 1. The van der Waals surface area contributed by atoms with Crippen LogP contribution in [0, 0.1) is 0 Å². The molecule has 0 saturated heterocycles. The number of nitrogens with zero attached hydrogens (tertiary/aromatic N) is 2. The van der Waals surface area contributed by atoms with Crippen molar-refractivity contribution in [2.45, 2.75) is 19.4 Å². The minimum absolute atomic E-state index is 0.0571. The Bertz CT molecular complexity index is 756. The summed E-state index contributed by atoms with van der Waals surface area (Å²) in [6, 6.07) is 14.7. The SMILES string of the molecule is COc1ccc([C@H]2CC(c3ccccc3)=NN2C(C)=O)cc1O. The Labute approximate surface area is 134 Å². The van der Waals surface area contributed by atoms with Crippen LogP contribution in [0.1, 0.15) is 30.5 Å². The summed E-state index contributed by atoms with van der Waals surface area (Å²) in [5, 5.41) is 15.9. The number of rotatable bonds is 3. The fourth-order valence-corrected chi connectivity index (χ4v) is 2.78. The average Bonchev–Trinajstić information content (AvgIpc) is 3.01. The van der Waals surface area contributed by atoms with Crippen LogP contribution in [-0.4, -0.2) is 28.8 Å². The number of methoxy groups -OCH3 is 1. The molecule has 0 radical (unpaired) electrons. The van der Waals surface area contributed by atoms with Crippen LogP contribution in [0.25, 0.3) is 0 Å². The lowest BCUT2D eigenvalue weighted by atomic mass is 9.98.